The molecule has 1 fully saturated rings. The normalized spacial score (nSPS) is 15.6. The minimum absolute atomic E-state index is 0.168. The molecule has 0 bridgehead atoms. The smallest absolute Gasteiger partial charge is 0.373 e. The summed E-state index contributed by atoms with van der Waals surface area (Å²) in [5, 5.41) is 3.20. The summed E-state index contributed by atoms with van der Waals surface area (Å²) in [7, 11) is -2.09. The van der Waals surface area contributed by atoms with Crippen molar-refractivity contribution in [3.05, 3.63) is 53.5 Å². The fourth-order valence-corrected chi connectivity index (χ4v) is 4.56. The number of ether oxygens (including phenoxy) is 1. The second-order valence-electron chi connectivity index (χ2n) is 6.47. The summed E-state index contributed by atoms with van der Waals surface area (Å²) in [5.41, 5.74) is 0.965. The molecule has 27 heavy (non-hydrogen) atoms. The molecule has 1 aliphatic heterocycles. The molecule has 1 saturated heterocycles. The third-order valence-corrected chi connectivity index (χ3v) is 6.47. The van der Waals surface area contributed by atoms with Gasteiger partial charge in [0.05, 0.1) is 18.6 Å². The third-order valence-electron chi connectivity index (χ3n) is 4.55. The molecule has 7 nitrogen and oxygen atoms in total. The van der Waals surface area contributed by atoms with Crippen LogP contribution in [0.5, 0.6) is 0 Å². The Morgan fingerprint density at radius 2 is 1.78 bits per heavy atom. The number of carbonyl (C=O) groups excluding carboxylic acids is 1. The molecule has 0 radical (unpaired) electrons. The third kappa shape index (κ3) is 4.77. The van der Waals surface area contributed by atoms with E-state index in [1.54, 1.807) is 28.6 Å². The molecule has 0 spiro atoms. The summed E-state index contributed by atoms with van der Waals surface area (Å²) in [5.74, 6) is 0.285. The van der Waals surface area contributed by atoms with Crippen LogP contribution >= 0.6 is 0 Å². The van der Waals surface area contributed by atoms with Crippen LogP contribution in [0.1, 0.15) is 41.1 Å². The monoisotopic (exact) mass is 392 g/mol. The van der Waals surface area contributed by atoms with Crippen molar-refractivity contribution in [1.29, 1.82) is 0 Å². The number of hydrogen-bond acceptors (Lipinski definition) is 6. The first kappa shape index (κ1) is 19.6. The zero-order valence-electron chi connectivity index (χ0n) is 15.3. The summed E-state index contributed by atoms with van der Waals surface area (Å²) < 4.78 is 36.8. The lowest BCUT2D eigenvalue weighted by Gasteiger charge is -2.25. The van der Waals surface area contributed by atoms with Crippen LogP contribution in [0.15, 0.2) is 45.7 Å². The summed E-state index contributed by atoms with van der Waals surface area (Å²) >= 11 is 0. The molecule has 1 aliphatic rings. The van der Waals surface area contributed by atoms with E-state index >= 15 is 0 Å². The summed E-state index contributed by atoms with van der Waals surface area (Å²) in [6.45, 7) is 2.20. The van der Waals surface area contributed by atoms with Crippen LogP contribution in [0, 0.1) is 0 Å². The van der Waals surface area contributed by atoms with Gasteiger partial charge >= 0.3 is 5.97 Å². The highest BCUT2D eigenvalue weighted by molar-refractivity contribution is 7.89. The van der Waals surface area contributed by atoms with Gasteiger partial charge < -0.3 is 14.5 Å². The molecule has 2 heterocycles. The molecule has 1 aromatic heterocycles. The van der Waals surface area contributed by atoms with Crippen molar-refractivity contribution in [3.8, 4) is 0 Å². The van der Waals surface area contributed by atoms with Gasteiger partial charge in [0.25, 0.3) is 0 Å². The molecule has 0 aliphatic carbocycles. The summed E-state index contributed by atoms with van der Waals surface area (Å²) in [4.78, 5) is 11.7. The van der Waals surface area contributed by atoms with Crippen LogP contribution in [0.25, 0.3) is 0 Å². The highest BCUT2D eigenvalue weighted by Crippen LogP contribution is 2.21. The van der Waals surface area contributed by atoms with E-state index in [4.69, 9.17) is 4.42 Å². The van der Waals surface area contributed by atoms with Crippen LogP contribution in [-0.2, 0) is 27.8 Å². The molecule has 3 rings (SSSR count). The van der Waals surface area contributed by atoms with Crippen LogP contribution in [0.3, 0.4) is 0 Å². The first-order chi connectivity index (χ1) is 13.0. The number of esters is 1. The van der Waals surface area contributed by atoms with Gasteiger partial charge in [-0.25, -0.2) is 13.2 Å². The number of nitrogens with zero attached hydrogens (tertiary/aromatic N) is 1. The fraction of sp³-hybridized carbons (Fsp3) is 0.421. The zero-order chi connectivity index (χ0) is 19.3. The van der Waals surface area contributed by atoms with E-state index in [0.717, 1.165) is 24.8 Å². The Morgan fingerprint density at radius 1 is 1.07 bits per heavy atom. The van der Waals surface area contributed by atoms with Crippen molar-refractivity contribution >= 4 is 16.0 Å². The van der Waals surface area contributed by atoms with Gasteiger partial charge in [-0.2, -0.15) is 4.31 Å². The van der Waals surface area contributed by atoms with Gasteiger partial charge in [-0.3, -0.25) is 0 Å². The van der Waals surface area contributed by atoms with Gasteiger partial charge in [0.15, 0.2) is 0 Å². The van der Waals surface area contributed by atoms with Crippen molar-refractivity contribution in [1.82, 2.24) is 9.62 Å². The molecule has 146 valence electrons. The average Bonchev–Trinajstić information content (AvgIpc) is 3.17. The quantitative estimate of drug-likeness (QED) is 0.729. The SMILES string of the molecule is COC(=O)c1ccc(CNCc2ccc(S(=O)(=O)N3CCCCC3)cc2)o1. The average molecular weight is 392 g/mol. The Morgan fingerprint density at radius 3 is 2.44 bits per heavy atom. The molecule has 0 amide bonds. The molecule has 2 aromatic rings. The predicted molar refractivity (Wildman–Crippen MR) is 99.6 cm³/mol. The van der Waals surface area contributed by atoms with E-state index in [-0.39, 0.29) is 5.76 Å². The standard InChI is InChI=1S/C19H24N2O5S/c1-25-19(22)18-10-7-16(26-18)14-20-13-15-5-8-17(9-6-15)27(23,24)21-11-3-2-4-12-21/h5-10,20H,2-4,11-14H2,1H3. The molecular formula is C19H24N2O5S. The van der Waals surface area contributed by atoms with E-state index in [2.05, 4.69) is 10.1 Å². The maximum Gasteiger partial charge on any atom is 0.373 e. The molecule has 1 aromatic carbocycles. The number of rotatable bonds is 7. The second kappa shape index (κ2) is 8.69. The lowest BCUT2D eigenvalue weighted by atomic mass is 10.2. The minimum Gasteiger partial charge on any atom is -0.463 e. The van der Waals surface area contributed by atoms with Crippen molar-refractivity contribution in [2.45, 2.75) is 37.2 Å². The highest BCUT2D eigenvalue weighted by atomic mass is 32.2. The molecule has 0 unspecified atom stereocenters. The Kier molecular flexibility index (Phi) is 6.30. The maximum atomic E-state index is 12.6. The van der Waals surface area contributed by atoms with Gasteiger partial charge in [-0.1, -0.05) is 18.6 Å². The van der Waals surface area contributed by atoms with Gasteiger partial charge in [0.2, 0.25) is 15.8 Å². The van der Waals surface area contributed by atoms with Gasteiger partial charge in [0.1, 0.15) is 5.76 Å². The molecule has 1 N–H and O–H groups in total. The number of piperidine rings is 1. The van der Waals surface area contributed by atoms with Crippen LogP contribution < -0.4 is 5.32 Å². The number of nitrogens with one attached hydrogen (secondary N) is 1. The molecular weight excluding hydrogens is 368 g/mol. The van der Waals surface area contributed by atoms with E-state index in [9.17, 15) is 13.2 Å². The van der Waals surface area contributed by atoms with Crippen LogP contribution in [0.4, 0.5) is 0 Å². The number of methoxy groups -OCH3 is 1. The van der Waals surface area contributed by atoms with Crippen molar-refractivity contribution in [2.75, 3.05) is 20.2 Å². The Balaban J connectivity index is 1.54. The molecule has 0 saturated carbocycles. The summed E-state index contributed by atoms with van der Waals surface area (Å²) in [6, 6.07) is 10.2. The Bertz CT molecular complexity index is 868. The Labute approximate surface area is 159 Å². The van der Waals surface area contributed by atoms with E-state index in [1.165, 1.54) is 7.11 Å². The lowest BCUT2D eigenvalue weighted by molar-refractivity contribution is 0.0563. The van der Waals surface area contributed by atoms with Crippen molar-refractivity contribution < 1.29 is 22.4 Å². The van der Waals surface area contributed by atoms with Crippen LogP contribution in [0.2, 0.25) is 0 Å². The number of hydrogen-bond donors (Lipinski definition) is 1. The topological polar surface area (TPSA) is 88.8 Å². The lowest BCUT2D eigenvalue weighted by Crippen LogP contribution is -2.35. The van der Waals surface area contributed by atoms with Crippen molar-refractivity contribution in [2.24, 2.45) is 0 Å². The van der Waals surface area contributed by atoms with Crippen LogP contribution in [-0.4, -0.2) is 38.9 Å². The van der Waals surface area contributed by atoms with Gasteiger partial charge in [0, 0.05) is 19.6 Å². The number of furan rings is 1. The zero-order valence-corrected chi connectivity index (χ0v) is 16.1. The fourth-order valence-electron chi connectivity index (χ4n) is 3.05. The summed E-state index contributed by atoms with van der Waals surface area (Å²) in [6.07, 6.45) is 2.94. The largest absolute Gasteiger partial charge is 0.463 e. The van der Waals surface area contributed by atoms with Gasteiger partial charge in [-0.05, 0) is 42.7 Å². The molecule has 8 heteroatoms. The minimum atomic E-state index is -3.40. The van der Waals surface area contributed by atoms with E-state index in [0.29, 0.717) is 36.8 Å². The highest BCUT2D eigenvalue weighted by Gasteiger charge is 2.25. The van der Waals surface area contributed by atoms with E-state index in [1.807, 2.05) is 12.1 Å². The van der Waals surface area contributed by atoms with E-state index < -0.39 is 16.0 Å². The molecule has 0 atom stereocenters. The number of sulfonamides is 1. The van der Waals surface area contributed by atoms with Gasteiger partial charge in [-0.15, -0.1) is 0 Å². The number of carbonyl (C=O) groups is 1. The van der Waals surface area contributed by atoms with Crippen molar-refractivity contribution in [3.63, 3.8) is 0 Å². The maximum absolute atomic E-state index is 12.6. The first-order valence-corrected chi connectivity index (χ1v) is 10.4. The second-order valence-corrected chi connectivity index (χ2v) is 8.41. The number of benzene rings is 1. The predicted octanol–water partition coefficient (Wildman–Crippen LogP) is 2.53. The first-order valence-electron chi connectivity index (χ1n) is 8.97. The Hall–Kier alpha value is -2.16.